The summed E-state index contributed by atoms with van der Waals surface area (Å²) in [5.74, 6) is 1.28. The molecule has 0 saturated carbocycles. The lowest BCUT2D eigenvalue weighted by Crippen LogP contribution is -2.31. The first kappa shape index (κ1) is 18.8. The van der Waals surface area contributed by atoms with Gasteiger partial charge >= 0.3 is 0 Å². The lowest BCUT2D eigenvalue weighted by Gasteiger charge is -2.24. The Labute approximate surface area is 164 Å². The van der Waals surface area contributed by atoms with Crippen LogP contribution in [0.25, 0.3) is 11.3 Å². The molecule has 3 heterocycles. The van der Waals surface area contributed by atoms with Crippen molar-refractivity contribution >= 4 is 10.0 Å². The third-order valence-corrected chi connectivity index (χ3v) is 6.96. The van der Waals surface area contributed by atoms with E-state index in [9.17, 15) is 8.42 Å². The van der Waals surface area contributed by atoms with Gasteiger partial charge in [-0.25, -0.2) is 18.4 Å². The first-order valence-electron chi connectivity index (χ1n) is 9.23. The molecule has 0 spiro atoms. The van der Waals surface area contributed by atoms with Crippen LogP contribution in [0.5, 0.6) is 0 Å². The molecule has 28 heavy (non-hydrogen) atoms. The molecule has 1 atom stereocenters. The molecule has 0 bridgehead atoms. The van der Waals surface area contributed by atoms with Crippen molar-refractivity contribution in [2.24, 2.45) is 0 Å². The van der Waals surface area contributed by atoms with Crippen LogP contribution in [0.3, 0.4) is 0 Å². The number of hydrogen-bond donors (Lipinski definition) is 0. The molecular weight excluding hydrogens is 376 g/mol. The van der Waals surface area contributed by atoms with E-state index in [4.69, 9.17) is 4.52 Å². The molecule has 0 N–H and O–H groups in total. The van der Waals surface area contributed by atoms with Crippen molar-refractivity contribution in [1.82, 2.24) is 19.4 Å². The van der Waals surface area contributed by atoms with Crippen molar-refractivity contribution in [3.8, 4) is 11.3 Å². The van der Waals surface area contributed by atoms with Crippen LogP contribution >= 0.6 is 0 Å². The zero-order valence-corrected chi connectivity index (χ0v) is 16.9. The molecule has 1 aromatic carbocycles. The van der Waals surface area contributed by atoms with Crippen LogP contribution in [0.1, 0.15) is 41.9 Å². The van der Waals surface area contributed by atoms with Gasteiger partial charge in [-0.1, -0.05) is 23.4 Å². The monoisotopic (exact) mass is 398 g/mol. The number of nitrogens with zero attached hydrogens (tertiary/aromatic N) is 4. The Morgan fingerprint density at radius 3 is 2.54 bits per heavy atom. The van der Waals surface area contributed by atoms with Gasteiger partial charge in [0.15, 0.2) is 0 Å². The Hall–Kier alpha value is -2.58. The van der Waals surface area contributed by atoms with Crippen molar-refractivity contribution in [2.45, 2.75) is 44.6 Å². The van der Waals surface area contributed by atoms with Crippen LogP contribution in [-0.4, -0.2) is 34.4 Å². The molecule has 0 amide bonds. The topological polar surface area (TPSA) is 89.2 Å². The highest BCUT2D eigenvalue weighted by Gasteiger charge is 2.37. The quantitative estimate of drug-likeness (QED) is 0.667. The Balaban J connectivity index is 1.77. The van der Waals surface area contributed by atoms with Gasteiger partial charge in [-0.15, -0.1) is 0 Å². The molecule has 7 nitrogen and oxygen atoms in total. The lowest BCUT2D eigenvalue weighted by molar-refractivity contribution is 0.389. The Morgan fingerprint density at radius 1 is 1.11 bits per heavy atom. The summed E-state index contributed by atoms with van der Waals surface area (Å²) in [5, 5.41) is 4.00. The van der Waals surface area contributed by atoms with E-state index in [0.717, 1.165) is 24.1 Å². The van der Waals surface area contributed by atoms with Gasteiger partial charge in [0.05, 0.1) is 33.6 Å². The second-order valence-corrected chi connectivity index (χ2v) is 8.90. The van der Waals surface area contributed by atoms with E-state index in [-0.39, 0.29) is 6.04 Å². The fraction of sp³-hybridized carbons (Fsp3) is 0.350. The fourth-order valence-electron chi connectivity index (χ4n) is 3.79. The van der Waals surface area contributed by atoms with Gasteiger partial charge in [-0.3, -0.25) is 0 Å². The highest BCUT2D eigenvalue weighted by Crippen LogP contribution is 2.37. The maximum atomic E-state index is 13.2. The summed E-state index contributed by atoms with van der Waals surface area (Å²) < 4.78 is 33.2. The minimum Gasteiger partial charge on any atom is -0.361 e. The molecule has 4 rings (SSSR count). The number of benzene rings is 1. The molecule has 8 heteroatoms. The maximum absolute atomic E-state index is 13.2. The third-order valence-electron chi connectivity index (χ3n) is 5.04. The molecule has 1 unspecified atom stereocenters. The molecule has 2 aromatic heterocycles. The van der Waals surface area contributed by atoms with Gasteiger partial charge in [-0.2, -0.15) is 4.31 Å². The molecule has 3 aromatic rings. The van der Waals surface area contributed by atoms with E-state index in [0.29, 0.717) is 34.4 Å². The number of aromatic nitrogens is 3. The number of aryl methyl sites for hydroxylation is 3. The summed E-state index contributed by atoms with van der Waals surface area (Å²) in [4.78, 5) is 9.41. The van der Waals surface area contributed by atoms with Gasteiger partial charge in [0, 0.05) is 6.54 Å². The van der Waals surface area contributed by atoms with Crippen molar-refractivity contribution in [1.29, 1.82) is 0 Å². The average Bonchev–Trinajstić information content (AvgIpc) is 3.29. The average molecular weight is 398 g/mol. The molecule has 1 fully saturated rings. The zero-order valence-electron chi connectivity index (χ0n) is 16.1. The van der Waals surface area contributed by atoms with Crippen molar-refractivity contribution in [3.63, 3.8) is 0 Å². The van der Waals surface area contributed by atoms with Crippen molar-refractivity contribution < 1.29 is 12.9 Å². The standard InChI is InChI=1S/C20H22N4O3S/c1-13-20(14(2)27-23-13)18-12-17(21-15(3)22-18)19-10-7-11-24(19)28(25,26)16-8-5-4-6-9-16/h4-6,8-9,12,19H,7,10-11H2,1-3H3. The summed E-state index contributed by atoms with van der Waals surface area (Å²) in [6.45, 7) is 6.00. The number of sulfonamides is 1. The maximum Gasteiger partial charge on any atom is 0.243 e. The molecule has 0 radical (unpaired) electrons. The number of hydrogen-bond acceptors (Lipinski definition) is 6. The summed E-state index contributed by atoms with van der Waals surface area (Å²) in [6.07, 6.45) is 1.52. The van der Waals surface area contributed by atoms with Gasteiger partial charge in [0.2, 0.25) is 10.0 Å². The molecule has 1 saturated heterocycles. The van der Waals surface area contributed by atoms with Gasteiger partial charge in [0.1, 0.15) is 11.6 Å². The molecular formula is C20H22N4O3S. The second kappa shape index (κ2) is 7.10. The Bertz CT molecular complexity index is 1090. The number of rotatable bonds is 4. The van der Waals surface area contributed by atoms with E-state index < -0.39 is 10.0 Å². The van der Waals surface area contributed by atoms with E-state index in [1.165, 1.54) is 0 Å². The normalized spacial score (nSPS) is 17.9. The third kappa shape index (κ3) is 3.22. The van der Waals surface area contributed by atoms with Crippen LogP contribution < -0.4 is 0 Å². The molecule has 146 valence electrons. The van der Waals surface area contributed by atoms with Gasteiger partial charge in [-0.05, 0) is 51.8 Å². The minimum absolute atomic E-state index is 0.304. The van der Waals surface area contributed by atoms with Crippen LogP contribution in [-0.2, 0) is 10.0 Å². The van der Waals surface area contributed by atoms with Gasteiger partial charge < -0.3 is 4.52 Å². The first-order chi connectivity index (χ1) is 13.4. The SMILES string of the molecule is Cc1nc(-c2c(C)noc2C)cc(C2CCCN2S(=O)(=O)c2ccccc2)n1. The van der Waals surface area contributed by atoms with Crippen LogP contribution in [0.15, 0.2) is 45.8 Å². The highest BCUT2D eigenvalue weighted by atomic mass is 32.2. The molecule has 1 aliphatic heterocycles. The molecule has 1 aliphatic rings. The first-order valence-corrected chi connectivity index (χ1v) is 10.7. The predicted molar refractivity (Wildman–Crippen MR) is 104 cm³/mol. The minimum atomic E-state index is -3.59. The van der Waals surface area contributed by atoms with E-state index in [2.05, 4.69) is 15.1 Å². The summed E-state index contributed by atoms with van der Waals surface area (Å²) in [6, 6.07) is 10.1. The Morgan fingerprint density at radius 2 is 1.86 bits per heavy atom. The zero-order chi connectivity index (χ0) is 19.9. The molecule has 0 aliphatic carbocycles. The predicted octanol–water partition coefficient (Wildman–Crippen LogP) is 3.58. The summed E-state index contributed by atoms with van der Waals surface area (Å²) in [7, 11) is -3.59. The Kier molecular flexibility index (Phi) is 4.76. The smallest absolute Gasteiger partial charge is 0.243 e. The van der Waals surface area contributed by atoms with E-state index >= 15 is 0 Å². The highest BCUT2D eigenvalue weighted by molar-refractivity contribution is 7.89. The largest absolute Gasteiger partial charge is 0.361 e. The lowest BCUT2D eigenvalue weighted by atomic mass is 10.1. The van der Waals surface area contributed by atoms with Crippen LogP contribution in [0.4, 0.5) is 0 Å². The fourth-order valence-corrected chi connectivity index (χ4v) is 5.48. The van der Waals surface area contributed by atoms with Crippen LogP contribution in [0, 0.1) is 20.8 Å². The van der Waals surface area contributed by atoms with Crippen molar-refractivity contribution in [3.05, 3.63) is 59.4 Å². The summed E-state index contributed by atoms with van der Waals surface area (Å²) in [5.41, 5.74) is 3.01. The van der Waals surface area contributed by atoms with E-state index in [1.807, 2.05) is 32.9 Å². The second-order valence-electron chi connectivity index (χ2n) is 7.01. The summed E-state index contributed by atoms with van der Waals surface area (Å²) >= 11 is 0. The van der Waals surface area contributed by atoms with Gasteiger partial charge in [0.25, 0.3) is 0 Å². The van der Waals surface area contributed by atoms with Crippen LogP contribution in [0.2, 0.25) is 0 Å². The van der Waals surface area contributed by atoms with Crippen molar-refractivity contribution in [2.75, 3.05) is 6.54 Å². The van der Waals surface area contributed by atoms with E-state index in [1.54, 1.807) is 28.6 Å².